The Morgan fingerprint density at radius 2 is 1.70 bits per heavy atom. The first-order valence-corrected chi connectivity index (χ1v) is 10.2. The van der Waals surface area contributed by atoms with Gasteiger partial charge in [-0.3, -0.25) is 9.10 Å². The monoisotopic (exact) mass is 412 g/mol. The van der Waals surface area contributed by atoms with Crippen LogP contribution in [0.2, 0.25) is 5.02 Å². The maximum absolute atomic E-state index is 12.5. The molecule has 146 valence electrons. The molecular weight excluding hydrogens is 392 g/mol. The Bertz CT molecular complexity index is 930. The molecule has 9 heteroatoms. The molecule has 0 heterocycles. The summed E-state index contributed by atoms with van der Waals surface area (Å²) in [7, 11) is -0.444. The van der Waals surface area contributed by atoms with Gasteiger partial charge in [-0.05, 0) is 31.2 Å². The molecule has 2 rings (SSSR count). The van der Waals surface area contributed by atoms with Crippen molar-refractivity contribution in [1.82, 2.24) is 0 Å². The summed E-state index contributed by atoms with van der Waals surface area (Å²) in [6, 6.07) is 9.38. The highest BCUT2D eigenvalue weighted by Gasteiger charge is 2.17. The second-order valence-electron chi connectivity index (χ2n) is 5.62. The van der Waals surface area contributed by atoms with Gasteiger partial charge in [0, 0.05) is 24.2 Å². The van der Waals surface area contributed by atoms with Gasteiger partial charge in [0.2, 0.25) is 10.0 Å². The van der Waals surface area contributed by atoms with Crippen molar-refractivity contribution in [2.24, 2.45) is 0 Å². The van der Waals surface area contributed by atoms with Crippen molar-refractivity contribution >= 4 is 38.9 Å². The van der Waals surface area contributed by atoms with E-state index in [-0.39, 0.29) is 5.91 Å². The molecule has 1 N–H and O–H groups in total. The normalized spacial score (nSPS) is 11.0. The van der Waals surface area contributed by atoms with Gasteiger partial charge in [0.1, 0.15) is 11.5 Å². The van der Waals surface area contributed by atoms with Crippen LogP contribution in [0.4, 0.5) is 11.4 Å². The molecule has 0 saturated carbocycles. The van der Waals surface area contributed by atoms with Crippen LogP contribution >= 0.6 is 11.6 Å². The molecule has 0 aliphatic heterocycles. The summed E-state index contributed by atoms with van der Waals surface area (Å²) in [5.41, 5.74) is 1.25. The SMILES string of the molecule is CCN(c1ccc(C(=O)Nc2cc(OC)c(Cl)cc2OC)cc1)S(C)(=O)=O. The zero-order valence-electron chi connectivity index (χ0n) is 15.4. The quantitative estimate of drug-likeness (QED) is 0.753. The molecule has 0 fully saturated rings. The van der Waals surface area contributed by atoms with Gasteiger partial charge in [0.15, 0.2) is 0 Å². The van der Waals surface area contributed by atoms with Crippen molar-refractivity contribution < 1.29 is 22.7 Å². The Labute approximate surface area is 163 Å². The third kappa shape index (κ3) is 4.84. The Morgan fingerprint density at radius 3 is 2.19 bits per heavy atom. The number of methoxy groups -OCH3 is 2. The molecule has 2 aromatic carbocycles. The van der Waals surface area contributed by atoms with E-state index in [1.807, 2.05) is 0 Å². The largest absolute Gasteiger partial charge is 0.495 e. The molecule has 2 aromatic rings. The molecule has 0 aromatic heterocycles. The smallest absolute Gasteiger partial charge is 0.255 e. The number of anilines is 2. The Balaban J connectivity index is 2.27. The van der Waals surface area contributed by atoms with Gasteiger partial charge in [-0.15, -0.1) is 0 Å². The van der Waals surface area contributed by atoms with Gasteiger partial charge in [0.05, 0.1) is 36.9 Å². The van der Waals surface area contributed by atoms with Crippen LogP contribution < -0.4 is 19.1 Å². The number of carbonyl (C=O) groups is 1. The Kier molecular flexibility index (Phi) is 6.56. The molecule has 1 amide bonds. The first-order valence-electron chi connectivity index (χ1n) is 8.02. The molecular formula is C18H21ClN2O5S. The number of hydrogen-bond donors (Lipinski definition) is 1. The topological polar surface area (TPSA) is 84.9 Å². The van der Waals surface area contributed by atoms with E-state index in [4.69, 9.17) is 21.1 Å². The summed E-state index contributed by atoms with van der Waals surface area (Å²) in [6.45, 7) is 2.04. The summed E-state index contributed by atoms with van der Waals surface area (Å²) in [4.78, 5) is 12.5. The first kappa shape index (κ1) is 20.9. The number of sulfonamides is 1. The van der Waals surface area contributed by atoms with Crippen LogP contribution in [0.1, 0.15) is 17.3 Å². The molecule has 0 aliphatic rings. The summed E-state index contributed by atoms with van der Waals surface area (Å²) in [6.07, 6.45) is 1.14. The lowest BCUT2D eigenvalue weighted by molar-refractivity contribution is 0.102. The molecule has 27 heavy (non-hydrogen) atoms. The number of amides is 1. The highest BCUT2D eigenvalue weighted by molar-refractivity contribution is 7.92. The third-order valence-electron chi connectivity index (χ3n) is 3.83. The lowest BCUT2D eigenvalue weighted by Gasteiger charge is -2.20. The predicted molar refractivity (Wildman–Crippen MR) is 107 cm³/mol. The van der Waals surface area contributed by atoms with E-state index in [0.29, 0.717) is 40.0 Å². The minimum absolute atomic E-state index is 0.298. The van der Waals surface area contributed by atoms with Crippen molar-refractivity contribution in [3.05, 3.63) is 47.0 Å². The van der Waals surface area contributed by atoms with E-state index in [1.54, 1.807) is 43.3 Å². The van der Waals surface area contributed by atoms with Crippen LogP contribution in [0.5, 0.6) is 11.5 Å². The van der Waals surface area contributed by atoms with E-state index in [9.17, 15) is 13.2 Å². The number of benzene rings is 2. The number of nitrogens with one attached hydrogen (secondary N) is 1. The standard InChI is InChI=1S/C18H21ClN2O5S/c1-5-21(27(4,23)24)13-8-6-12(7-9-13)18(22)20-15-11-16(25-2)14(19)10-17(15)26-3/h6-11H,5H2,1-4H3,(H,20,22). The zero-order valence-corrected chi connectivity index (χ0v) is 17.0. The molecule has 0 radical (unpaired) electrons. The molecule has 0 unspecified atom stereocenters. The minimum Gasteiger partial charge on any atom is -0.495 e. The van der Waals surface area contributed by atoms with Crippen LogP contribution in [0.3, 0.4) is 0 Å². The fourth-order valence-corrected chi connectivity index (χ4v) is 3.74. The van der Waals surface area contributed by atoms with Crippen molar-refractivity contribution in [2.45, 2.75) is 6.92 Å². The molecule has 0 atom stereocenters. The van der Waals surface area contributed by atoms with Gasteiger partial charge in [0.25, 0.3) is 5.91 Å². The maximum Gasteiger partial charge on any atom is 0.255 e. The van der Waals surface area contributed by atoms with Crippen LogP contribution in [0.15, 0.2) is 36.4 Å². The fraction of sp³-hybridized carbons (Fsp3) is 0.278. The fourth-order valence-electron chi connectivity index (χ4n) is 2.54. The summed E-state index contributed by atoms with van der Waals surface area (Å²) < 4.78 is 35.2. The second-order valence-corrected chi connectivity index (χ2v) is 7.93. The van der Waals surface area contributed by atoms with E-state index in [2.05, 4.69) is 5.32 Å². The van der Waals surface area contributed by atoms with Gasteiger partial charge in [-0.1, -0.05) is 11.6 Å². The van der Waals surface area contributed by atoms with Crippen molar-refractivity contribution in [3.8, 4) is 11.5 Å². The van der Waals surface area contributed by atoms with Gasteiger partial charge in [-0.2, -0.15) is 0 Å². The van der Waals surface area contributed by atoms with Crippen molar-refractivity contribution in [3.63, 3.8) is 0 Å². The number of hydrogen-bond acceptors (Lipinski definition) is 5. The summed E-state index contributed by atoms with van der Waals surface area (Å²) in [5, 5.41) is 3.10. The van der Waals surface area contributed by atoms with E-state index in [1.165, 1.54) is 18.5 Å². The number of halogens is 1. The zero-order chi connectivity index (χ0) is 20.2. The third-order valence-corrected chi connectivity index (χ3v) is 5.39. The lowest BCUT2D eigenvalue weighted by Crippen LogP contribution is -2.29. The molecule has 0 aliphatic carbocycles. The average Bonchev–Trinajstić information content (AvgIpc) is 2.62. The van der Waals surface area contributed by atoms with Gasteiger partial charge < -0.3 is 14.8 Å². The number of rotatable bonds is 7. The summed E-state index contributed by atoms with van der Waals surface area (Å²) in [5.74, 6) is 0.404. The van der Waals surface area contributed by atoms with Crippen LogP contribution in [-0.2, 0) is 10.0 Å². The summed E-state index contributed by atoms with van der Waals surface area (Å²) >= 11 is 6.06. The Hall–Kier alpha value is -2.45. The predicted octanol–water partition coefficient (Wildman–Crippen LogP) is 3.40. The van der Waals surface area contributed by atoms with E-state index in [0.717, 1.165) is 6.26 Å². The minimum atomic E-state index is -3.38. The van der Waals surface area contributed by atoms with E-state index >= 15 is 0 Å². The highest BCUT2D eigenvalue weighted by Crippen LogP contribution is 2.36. The first-order chi connectivity index (χ1) is 12.7. The molecule has 0 spiro atoms. The van der Waals surface area contributed by atoms with Crippen LogP contribution in [0, 0.1) is 0 Å². The van der Waals surface area contributed by atoms with Crippen molar-refractivity contribution in [2.75, 3.05) is 36.6 Å². The molecule has 0 saturated heterocycles. The Morgan fingerprint density at radius 1 is 1.11 bits per heavy atom. The number of nitrogens with zero attached hydrogens (tertiary/aromatic N) is 1. The van der Waals surface area contributed by atoms with Gasteiger partial charge >= 0.3 is 0 Å². The van der Waals surface area contributed by atoms with Crippen molar-refractivity contribution in [1.29, 1.82) is 0 Å². The molecule has 7 nitrogen and oxygen atoms in total. The van der Waals surface area contributed by atoms with Crippen LogP contribution in [0.25, 0.3) is 0 Å². The molecule has 0 bridgehead atoms. The second kappa shape index (κ2) is 8.49. The van der Waals surface area contributed by atoms with Gasteiger partial charge in [-0.25, -0.2) is 8.42 Å². The highest BCUT2D eigenvalue weighted by atomic mass is 35.5. The van der Waals surface area contributed by atoms with E-state index < -0.39 is 10.0 Å². The lowest BCUT2D eigenvalue weighted by atomic mass is 10.2. The number of ether oxygens (including phenoxy) is 2. The average molecular weight is 413 g/mol. The number of carbonyl (C=O) groups excluding carboxylic acids is 1. The maximum atomic E-state index is 12.5. The van der Waals surface area contributed by atoms with Crippen LogP contribution in [-0.4, -0.2) is 41.3 Å².